The summed E-state index contributed by atoms with van der Waals surface area (Å²) in [5.74, 6) is 1.58. The summed E-state index contributed by atoms with van der Waals surface area (Å²) < 4.78 is 10.6. The number of hydrogen-bond acceptors (Lipinski definition) is 5. The van der Waals surface area contributed by atoms with Crippen molar-refractivity contribution in [2.45, 2.75) is 19.4 Å². The first-order valence-electron chi connectivity index (χ1n) is 6.06. The highest BCUT2D eigenvalue weighted by atomic mass is 32.1. The molecule has 1 unspecified atom stereocenters. The topological polar surface area (TPSA) is 57.4 Å². The molecule has 1 heterocycles. The zero-order chi connectivity index (χ0) is 13.8. The zero-order valence-corrected chi connectivity index (χ0v) is 12.2. The molecule has 0 aliphatic rings. The molecule has 5 heteroatoms. The van der Waals surface area contributed by atoms with Gasteiger partial charge in [0.15, 0.2) is 0 Å². The van der Waals surface area contributed by atoms with E-state index < -0.39 is 0 Å². The number of aromatic nitrogens is 1. The fraction of sp³-hybridized carbons (Fsp3) is 0.357. The minimum atomic E-state index is 0.117. The number of methoxy groups -OCH3 is 2. The summed E-state index contributed by atoms with van der Waals surface area (Å²) in [7, 11) is 3.30. The number of nitrogens with two attached hydrogens (primary N) is 1. The monoisotopic (exact) mass is 278 g/mol. The summed E-state index contributed by atoms with van der Waals surface area (Å²) in [5, 5.41) is 3.06. The molecule has 102 valence electrons. The van der Waals surface area contributed by atoms with E-state index in [0.29, 0.717) is 0 Å². The third-order valence-corrected chi connectivity index (χ3v) is 3.60. The van der Waals surface area contributed by atoms with E-state index in [4.69, 9.17) is 15.2 Å². The molecule has 0 saturated carbocycles. The van der Waals surface area contributed by atoms with Crippen molar-refractivity contribution in [3.63, 3.8) is 0 Å². The highest BCUT2D eigenvalue weighted by molar-refractivity contribution is 7.09. The SMILES string of the molecule is COc1ccc(OC)c(-c2csc(CC(C)N)n2)c1. The third-order valence-electron chi connectivity index (χ3n) is 2.73. The summed E-state index contributed by atoms with van der Waals surface area (Å²) in [6.07, 6.45) is 0.789. The van der Waals surface area contributed by atoms with Crippen molar-refractivity contribution >= 4 is 11.3 Å². The van der Waals surface area contributed by atoms with Crippen molar-refractivity contribution in [3.8, 4) is 22.8 Å². The van der Waals surface area contributed by atoms with Crippen molar-refractivity contribution in [3.05, 3.63) is 28.6 Å². The molecule has 2 N–H and O–H groups in total. The van der Waals surface area contributed by atoms with Crippen molar-refractivity contribution in [1.82, 2.24) is 4.98 Å². The van der Waals surface area contributed by atoms with E-state index in [1.54, 1.807) is 25.6 Å². The number of hydrogen-bond donors (Lipinski definition) is 1. The molecule has 0 aliphatic heterocycles. The maximum atomic E-state index is 5.80. The van der Waals surface area contributed by atoms with Gasteiger partial charge in [-0.25, -0.2) is 4.98 Å². The van der Waals surface area contributed by atoms with Crippen LogP contribution in [0.2, 0.25) is 0 Å². The molecule has 0 aliphatic carbocycles. The van der Waals surface area contributed by atoms with Crippen LogP contribution in [0.3, 0.4) is 0 Å². The second kappa shape index (κ2) is 6.04. The van der Waals surface area contributed by atoms with Crippen LogP contribution in [0.1, 0.15) is 11.9 Å². The molecule has 0 radical (unpaired) electrons. The molecule has 0 saturated heterocycles. The Bertz CT molecular complexity index is 552. The van der Waals surface area contributed by atoms with Crippen molar-refractivity contribution in [1.29, 1.82) is 0 Å². The minimum absolute atomic E-state index is 0.117. The Hall–Kier alpha value is -1.59. The van der Waals surface area contributed by atoms with Crippen molar-refractivity contribution < 1.29 is 9.47 Å². The summed E-state index contributed by atoms with van der Waals surface area (Å²) in [4.78, 5) is 4.61. The molecule has 2 rings (SSSR count). The van der Waals surface area contributed by atoms with E-state index in [-0.39, 0.29) is 6.04 Å². The van der Waals surface area contributed by atoms with Gasteiger partial charge in [-0.3, -0.25) is 0 Å². The number of nitrogens with zero attached hydrogens (tertiary/aromatic N) is 1. The first kappa shape index (κ1) is 13.8. The second-order valence-corrected chi connectivity index (χ2v) is 5.32. The number of rotatable bonds is 5. The third kappa shape index (κ3) is 3.24. The minimum Gasteiger partial charge on any atom is -0.497 e. The quantitative estimate of drug-likeness (QED) is 0.913. The lowest BCUT2D eigenvalue weighted by molar-refractivity contribution is 0.404. The van der Waals surface area contributed by atoms with Crippen LogP contribution in [0.15, 0.2) is 23.6 Å². The number of benzene rings is 1. The fourth-order valence-electron chi connectivity index (χ4n) is 1.82. The Morgan fingerprint density at radius 3 is 2.74 bits per heavy atom. The second-order valence-electron chi connectivity index (χ2n) is 4.37. The van der Waals surface area contributed by atoms with Gasteiger partial charge in [-0.05, 0) is 25.1 Å². The van der Waals surface area contributed by atoms with Gasteiger partial charge in [-0.1, -0.05) is 0 Å². The summed E-state index contributed by atoms with van der Waals surface area (Å²) >= 11 is 1.62. The molecular weight excluding hydrogens is 260 g/mol. The number of thiazole rings is 1. The molecule has 1 atom stereocenters. The van der Waals surface area contributed by atoms with Gasteiger partial charge in [0, 0.05) is 23.4 Å². The van der Waals surface area contributed by atoms with Gasteiger partial charge in [-0.2, -0.15) is 0 Å². The van der Waals surface area contributed by atoms with E-state index in [0.717, 1.165) is 34.2 Å². The van der Waals surface area contributed by atoms with Gasteiger partial charge >= 0.3 is 0 Å². The fourth-order valence-corrected chi connectivity index (χ4v) is 2.76. The van der Waals surface area contributed by atoms with Crippen LogP contribution in [0.25, 0.3) is 11.3 Å². The van der Waals surface area contributed by atoms with Gasteiger partial charge in [-0.15, -0.1) is 11.3 Å². The van der Waals surface area contributed by atoms with E-state index in [9.17, 15) is 0 Å². The van der Waals surface area contributed by atoms with Crippen LogP contribution in [0, 0.1) is 0 Å². The lowest BCUT2D eigenvalue weighted by Gasteiger charge is -2.08. The average molecular weight is 278 g/mol. The molecule has 1 aromatic heterocycles. The van der Waals surface area contributed by atoms with Gasteiger partial charge in [0.1, 0.15) is 11.5 Å². The highest BCUT2D eigenvalue weighted by Crippen LogP contribution is 2.34. The predicted octanol–water partition coefficient (Wildman–Crippen LogP) is 2.72. The molecule has 2 aromatic rings. The van der Waals surface area contributed by atoms with Gasteiger partial charge in [0.2, 0.25) is 0 Å². The van der Waals surface area contributed by atoms with Crippen molar-refractivity contribution in [2.75, 3.05) is 14.2 Å². The van der Waals surface area contributed by atoms with Crippen LogP contribution < -0.4 is 15.2 Å². The Morgan fingerprint density at radius 2 is 2.11 bits per heavy atom. The van der Waals surface area contributed by atoms with Crippen LogP contribution in [-0.2, 0) is 6.42 Å². The molecule has 1 aromatic carbocycles. The summed E-state index contributed by atoms with van der Waals surface area (Å²) in [5.41, 5.74) is 7.63. The van der Waals surface area contributed by atoms with Gasteiger partial charge < -0.3 is 15.2 Å². The molecule has 0 fully saturated rings. The van der Waals surface area contributed by atoms with Crippen LogP contribution in [-0.4, -0.2) is 25.2 Å². The Balaban J connectivity index is 2.36. The molecule has 0 spiro atoms. The molecule has 0 amide bonds. The van der Waals surface area contributed by atoms with E-state index in [1.165, 1.54) is 0 Å². The summed E-state index contributed by atoms with van der Waals surface area (Å²) in [6, 6.07) is 5.81. The van der Waals surface area contributed by atoms with E-state index >= 15 is 0 Å². The first-order valence-corrected chi connectivity index (χ1v) is 6.94. The first-order chi connectivity index (χ1) is 9.13. The van der Waals surface area contributed by atoms with E-state index in [1.807, 2.05) is 30.5 Å². The number of ether oxygens (including phenoxy) is 2. The Kier molecular flexibility index (Phi) is 4.39. The van der Waals surface area contributed by atoms with Crippen LogP contribution >= 0.6 is 11.3 Å². The van der Waals surface area contributed by atoms with E-state index in [2.05, 4.69) is 4.98 Å². The van der Waals surface area contributed by atoms with Crippen LogP contribution in [0.5, 0.6) is 11.5 Å². The largest absolute Gasteiger partial charge is 0.497 e. The predicted molar refractivity (Wildman–Crippen MR) is 78.0 cm³/mol. The standard InChI is InChI=1S/C14H18N2O2S/c1-9(15)6-14-16-12(8-19-14)11-7-10(17-2)4-5-13(11)18-3/h4-5,7-9H,6,15H2,1-3H3. The van der Waals surface area contributed by atoms with Gasteiger partial charge in [0.05, 0.1) is 24.9 Å². The highest BCUT2D eigenvalue weighted by Gasteiger charge is 2.12. The van der Waals surface area contributed by atoms with Crippen LogP contribution in [0.4, 0.5) is 0 Å². The van der Waals surface area contributed by atoms with Crippen molar-refractivity contribution in [2.24, 2.45) is 5.73 Å². The molecule has 0 bridgehead atoms. The maximum absolute atomic E-state index is 5.80. The molecular formula is C14H18N2O2S. The normalized spacial score (nSPS) is 12.2. The smallest absolute Gasteiger partial charge is 0.128 e. The average Bonchev–Trinajstić information content (AvgIpc) is 2.85. The molecule has 4 nitrogen and oxygen atoms in total. The Labute approximate surface area is 117 Å². The Morgan fingerprint density at radius 1 is 1.32 bits per heavy atom. The lowest BCUT2D eigenvalue weighted by atomic mass is 10.1. The lowest BCUT2D eigenvalue weighted by Crippen LogP contribution is -2.17. The molecule has 19 heavy (non-hydrogen) atoms. The maximum Gasteiger partial charge on any atom is 0.128 e. The zero-order valence-electron chi connectivity index (χ0n) is 11.3. The van der Waals surface area contributed by atoms with Gasteiger partial charge in [0.25, 0.3) is 0 Å². The summed E-state index contributed by atoms with van der Waals surface area (Å²) in [6.45, 7) is 1.98.